The van der Waals surface area contributed by atoms with Gasteiger partial charge in [-0.3, -0.25) is 4.90 Å². The molecule has 3 nitrogen and oxygen atoms in total. The van der Waals surface area contributed by atoms with Crippen molar-refractivity contribution >= 4 is 0 Å². The van der Waals surface area contributed by atoms with E-state index >= 15 is 0 Å². The van der Waals surface area contributed by atoms with E-state index in [1.165, 1.54) is 37.9 Å². The molecule has 3 heteroatoms. The van der Waals surface area contributed by atoms with E-state index in [1.54, 1.807) is 0 Å². The van der Waals surface area contributed by atoms with Crippen molar-refractivity contribution in [2.45, 2.75) is 58.2 Å². The number of likely N-dealkylation sites (tertiary alicyclic amines) is 1. The highest BCUT2D eigenvalue weighted by atomic mass is 16.5. The molecular formula is C15H28N2O. The van der Waals surface area contributed by atoms with Crippen LogP contribution in [0.5, 0.6) is 0 Å². The Morgan fingerprint density at radius 3 is 2.56 bits per heavy atom. The molecule has 2 unspecified atom stereocenters. The molecule has 2 aliphatic rings. The minimum Gasteiger partial charge on any atom is -0.377 e. The van der Waals surface area contributed by atoms with Crippen LogP contribution in [-0.4, -0.2) is 49.3 Å². The fourth-order valence-electron chi connectivity index (χ4n) is 2.85. The van der Waals surface area contributed by atoms with E-state index in [2.05, 4.69) is 37.1 Å². The molecule has 0 saturated carbocycles. The average molecular weight is 252 g/mol. The van der Waals surface area contributed by atoms with E-state index in [1.807, 2.05) is 0 Å². The summed E-state index contributed by atoms with van der Waals surface area (Å²) in [6.45, 7) is 11.0. The van der Waals surface area contributed by atoms with E-state index < -0.39 is 0 Å². The quantitative estimate of drug-likeness (QED) is 0.776. The van der Waals surface area contributed by atoms with Crippen LogP contribution in [0.25, 0.3) is 0 Å². The van der Waals surface area contributed by atoms with Crippen molar-refractivity contribution in [3.63, 3.8) is 0 Å². The summed E-state index contributed by atoms with van der Waals surface area (Å²) < 4.78 is 5.61. The van der Waals surface area contributed by atoms with E-state index in [0.717, 1.165) is 13.2 Å². The Hall–Kier alpha value is -0.380. The van der Waals surface area contributed by atoms with Crippen molar-refractivity contribution in [3.05, 3.63) is 11.6 Å². The van der Waals surface area contributed by atoms with Crippen molar-refractivity contribution in [2.24, 2.45) is 0 Å². The Balaban J connectivity index is 1.68. The lowest BCUT2D eigenvalue weighted by atomic mass is 10.0. The van der Waals surface area contributed by atoms with E-state index in [9.17, 15) is 0 Å². The minimum atomic E-state index is 0.397. The van der Waals surface area contributed by atoms with E-state index in [4.69, 9.17) is 4.74 Å². The molecule has 2 saturated heterocycles. The predicted octanol–water partition coefficient (Wildman–Crippen LogP) is 2.18. The molecule has 1 N–H and O–H groups in total. The van der Waals surface area contributed by atoms with Gasteiger partial charge in [-0.1, -0.05) is 11.6 Å². The SMILES string of the molecule is CC(C)=CCN1CCC(NC2CCOC2C)CC1. The molecule has 104 valence electrons. The number of allylic oxidation sites excluding steroid dienone is 1. The molecule has 2 atom stereocenters. The van der Waals surface area contributed by atoms with Gasteiger partial charge in [0.2, 0.25) is 0 Å². The van der Waals surface area contributed by atoms with Crippen LogP contribution < -0.4 is 5.32 Å². The first-order valence-corrected chi connectivity index (χ1v) is 7.38. The summed E-state index contributed by atoms with van der Waals surface area (Å²) in [5.74, 6) is 0. The van der Waals surface area contributed by atoms with Gasteiger partial charge in [0, 0.05) is 25.2 Å². The molecule has 0 aromatic rings. The molecule has 0 aliphatic carbocycles. The maximum absolute atomic E-state index is 5.61. The van der Waals surface area contributed by atoms with Gasteiger partial charge in [-0.25, -0.2) is 0 Å². The summed E-state index contributed by atoms with van der Waals surface area (Å²) in [7, 11) is 0. The van der Waals surface area contributed by atoms with Crippen LogP contribution in [0.1, 0.15) is 40.0 Å². The maximum Gasteiger partial charge on any atom is 0.0700 e. The molecule has 0 aromatic heterocycles. The van der Waals surface area contributed by atoms with E-state index in [-0.39, 0.29) is 0 Å². The highest BCUT2D eigenvalue weighted by Gasteiger charge is 2.27. The Bertz CT molecular complexity index is 278. The normalized spacial score (nSPS) is 30.6. The van der Waals surface area contributed by atoms with Crippen molar-refractivity contribution in [3.8, 4) is 0 Å². The van der Waals surface area contributed by atoms with Crippen molar-refractivity contribution in [2.75, 3.05) is 26.2 Å². The zero-order valence-corrected chi connectivity index (χ0v) is 12.1. The largest absolute Gasteiger partial charge is 0.377 e. The first-order valence-electron chi connectivity index (χ1n) is 7.38. The Kier molecular flexibility index (Phi) is 5.22. The van der Waals surface area contributed by atoms with Gasteiger partial charge in [0.1, 0.15) is 0 Å². The molecule has 2 heterocycles. The monoisotopic (exact) mass is 252 g/mol. The minimum absolute atomic E-state index is 0.397. The van der Waals surface area contributed by atoms with Crippen molar-refractivity contribution < 1.29 is 4.74 Å². The lowest BCUT2D eigenvalue weighted by molar-refractivity contribution is 0.106. The van der Waals surface area contributed by atoms with Crippen LogP contribution in [-0.2, 0) is 4.74 Å². The third-order valence-electron chi connectivity index (χ3n) is 4.17. The highest BCUT2D eigenvalue weighted by Crippen LogP contribution is 2.17. The van der Waals surface area contributed by atoms with Gasteiger partial charge in [0.15, 0.2) is 0 Å². The van der Waals surface area contributed by atoms with Gasteiger partial charge in [-0.2, -0.15) is 0 Å². The lowest BCUT2D eigenvalue weighted by Crippen LogP contribution is -2.48. The second-order valence-corrected chi connectivity index (χ2v) is 5.99. The Labute approximate surface area is 112 Å². The molecule has 2 fully saturated rings. The molecule has 0 radical (unpaired) electrons. The Morgan fingerprint density at radius 2 is 2.00 bits per heavy atom. The molecule has 2 aliphatic heterocycles. The van der Waals surface area contributed by atoms with Crippen LogP contribution in [0.15, 0.2) is 11.6 Å². The zero-order chi connectivity index (χ0) is 13.0. The van der Waals surface area contributed by atoms with Gasteiger partial charge in [0.25, 0.3) is 0 Å². The van der Waals surface area contributed by atoms with Gasteiger partial charge in [-0.05, 0) is 53.1 Å². The van der Waals surface area contributed by atoms with Gasteiger partial charge < -0.3 is 10.1 Å². The number of hydrogen-bond donors (Lipinski definition) is 1. The van der Waals surface area contributed by atoms with Crippen LogP contribution in [0, 0.1) is 0 Å². The molecule has 0 bridgehead atoms. The molecule has 0 spiro atoms. The van der Waals surface area contributed by atoms with Crippen LogP contribution in [0.2, 0.25) is 0 Å². The second kappa shape index (κ2) is 6.69. The maximum atomic E-state index is 5.61. The number of nitrogens with one attached hydrogen (secondary N) is 1. The number of hydrogen-bond acceptors (Lipinski definition) is 3. The first kappa shape index (κ1) is 14.0. The molecule has 2 rings (SSSR count). The van der Waals surface area contributed by atoms with E-state index in [0.29, 0.717) is 18.2 Å². The number of nitrogens with zero attached hydrogens (tertiary/aromatic N) is 1. The third kappa shape index (κ3) is 4.08. The lowest BCUT2D eigenvalue weighted by Gasteiger charge is -2.34. The smallest absolute Gasteiger partial charge is 0.0700 e. The Morgan fingerprint density at radius 1 is 1.28 bits per heavy atom. The predicted molar refractivity (Wildman–Crippen MR) is 75.8 cm³/mol. The highest BCUT2D eigenvalue weighted by molar-refractivity contribution is 4.96. The summed E-state index contributed by atoms with van der Waals surface area (Å²) in [6.07, 6.45) is 6.47. The van der Waals surface area contributed by atoms with Crippen LogP contribution in [0.4, 0.5) is 0 Å². The summed E-state index contributed by atoms with van der Waals surface area (Å²) >= 11 is 0. The van der Waals surface area contributed by atoms with Gasteiger partial charge in [0.05, 0.1) is 6.10 Å². The third-order valence-corrected chi connectivity index (χ3v) is 4.17. The average Bonchev–Trinajstić information content (AvgIpc) is 2.74. The summed E-state index contributed by atoms with van der Waals surface area (Å²) in [6, 6.07) is 1.28. The summed E-state index contributed by atoms with van der Waals surface area (Å²) in [5.41, 5.74) is 1.42. The number of ether oxygens (including phenoxy) is 1. The topological polar surface area (TPSA) is 24.5 Å². The second-order valence-electron chi connectivity index (χ2n) is 5.99. The first-order chi connectivity index (χ1) is 8.65. The summed E-state index contributed by atoms with van der Waals surface area (Å²) in [5, 5.41) is 3.79. The van der Waals surface area contributed by atoms with Crippen molar-refractivity contribution in [1.29, 1.82) is 0 Å². The van der Waals surface area contributed by atoms with Crippen molar-refractivity contribution in [1.82, 2.24) is 10.2 Å². The fraction of sp³-hybridized carbons (Fsp3) is 0.867. The number of piperidine rings is 1. The standard InChI is InChI=1S/C15H28N2O/c1-12(2)4-8-17-9-5-14(6-10-17)16-15-7-11-18-13(15)3/h4,13-16H,5-11H2,1-3H3. The van der Waals surface area contributed by atoms with Gasteiger partial charge in [-0.15, -0.1) is 0 Å². The fourth-order valence-corrected chi connectivity index (χ4v) is 2.85. The summed E-state index contributed by atoms with van der Waals surface area (Å²) in [4.78, 5) is 2.56. The molecule has 18 heavy (non-hydrogen) atoms. The molecular weight excluding hydrogens is 224 g/mol. The molecule has 0 amide bonds. The molecule has 0 aromatic carbocycles. The van der Waals surface area contributed by atoms with Crippen LogP contribution in [0.3, 0.4) is 0 Å². The zero-order valence-electron chi connectivity index (χ0n) is 12.1. The number of rotatable bonds is 4. The van der Waals surface area contributed by atoms with Gasteiger partial charge >= 0.3 is 0 Å². The van der Waals surface area contributed by atoms with Crippen LogP contribution >= 0.6 is 0 Å².